The van der Waals surface area contributed by atoms with E-state index >= 15 is 0 Å². The SMILES string of the molecule is CN1C(=C(C#N)C(=O)[C@H]2CCCN2C(=O)OC(C)(C)C)N(C)c2ccccc21. The zero-order valence-corrected chi connectivity index (χ0v) is 17.0. The second-order valence-electron chi connectivity index (χ2n) is 8.11. The van der Waals surface area contributed by atoms with E-state index in [0.29, 0.717) is 25.2 Å². The number of hydrogen-bond donors (Lipinski definition) is 0. The second-order valence-corrected chi connectivity index (χ2v) is 8.11. The third kappa shape index (κ3) is 3.42. The number of benzene rings is 1. The van der Waals surface area contributed by atoms with Gasteiger partial charge in [-0.3, -0.25) is 9.69 Å². The van der Waals surface area contributed by atoms with E-state index in [-0.39, 0.29) is 11.4 Å². The summed E-state index contributed by atoms with van der Waals surface area (Å²) in [6.45, 7) is 5.83. The molecule has 2 heterocycles. The van der Waals surface area contributed by atoms with Gasteiger partial charge in [0.05, 0.1) is 17.4 Å². The summed E-state index contributed by atoms with van der Waals surface area (Å²) in [4.78, 5) is 31.0. The molecule has 0 unspecified atom stereocenters. The van der Waals surface area contributed by atoms with Gasteiger partial charge in [0.15, 0.2) is 5.78 Å². The number of ether oxygens (including phenoxy) is 1. The van der Waals surface area contributed by atoms with Crippen molar-refractivity contribution >= 4 is 23.3 Å². The number of amides is 1. The van der Waals surface area contributed by atoms with E-state index in [1.54, 1.807) is 20.8 Å². The van der Waals surface area contributed by atoms with E-state index in [0.717, 1.165) is 11.4 Å². The first kappa shape index (κ1) is 19.7. The van der Waals surface area contributed by atoms with Crippen LogP contribution in [0, 0.1) is 11.3 Å². The lowest BCUT2D eigenvalue weighted by molar-refractivity contribution is -0.119. The normalized spacial score (nSPS) is 18.8. The summed E-state index contributed by atoms with van der Waals surface area (Å²) < 4.78 is 5.45. The van der Waals surface area contributed by atoms with E-state index in [9.17, 15) is 14.9 Å². The van der Waals surface area contributed by atoms with Crippen molar-refractivity contribution in [2.24, 2.45) is 0 Å². The Balaban J connectivity index is 1.93. The lowest BCUT2D eigenvalue weighted by atomic mass is 10.0. The molecule has 0 radical (unpaired) electrons. The van der Waals surface area contributed by atoms with E-state index in [1.165, 1.54) is 4.90 Å². The monoisotopic (exact) mass is 382 g/mol. The zero-order chi connectivity index (χ0) is 20.6. The van der Waals surface area contributed by atoms with Crippen molar-refractivity contribution in [2.75, 3.05) is 30.4 Å². The molecule has 1 aromatic rings. The minimum absolute atomic E-state index is 0.0571. The van der Waals surface area contributed by atoms with Gasteiger partial charge in [0.2, 0.25) is 0 Å². The van der Waals surface area contributed by atoms with Crippen LogP contribution in [0.15, 0.2) is 35.7 Å². The van der Waals surface area contributed by atoms with Gasteiger partial charge in [0.1, 0.15) is 23.1 Å². The summed E-state index contributed by atoms with van der Waals surface area (Å²) in [5.74, 6) is 0.192. The highest BCUT2D eigenvalue weighted by Crippen LogP contribution is 2.40. The van der Waals surface area contributed by atoms with E-state index in [2.05, 4.69) is 6.07 Å². The number of rotatable bonds is 2. The first-order valence-electron chi connectivity index (χ1n) is 9.40. The molecule has 0 aliphatic carbocycles. The van der Waals surface area contributed by atoms with Gasteiger partial charge in [-0.25, -0.2) is 4.79 Å². The van der Waals surface area contributed by atoms with Crippen LogP contribution in [0.4, 0.5) is 16.2 Å². The van der Waals surface area contributed by atoms with E-state index < -0.39 is 17.7 Å². The van der Waals surface area contributed by atoms with Crippen molar-refractivity contribution < 1.29 is 14.3 Å². The first-order chi connectivity index (χ1) is 13.2. The van der Waals surface area contributed by atoms with Gasteiger partial charge in [-0.1, -0.05) is 12.1 Å². The van der Waals surface area contributed by atoms with Gasteiger partial charge in [-0.05, 0) is 45.7 Å². The molecule has 1 aromatic carbocycles. The van der Waals surface area contributed by atoms with Gasteiger partial charge in [-0.15, -0.1) is 0 Å². The molecule has 0 saturated carbocycles. The molecule has 1 fully saturated rings. The summed E-state index contributed by atoms with van der Waals surface area (Å²) in [6.07, 6.45) is 0.717. The Morgan fingerprint density at radius 2 is 1.71 bits per heavy atom. The number of anilines is 2. The molecule has 0 N–H and O–H groups in total. The predicted octanol–water partition coefficient (Wildman–Crippen LogP) is 3.28. The van der Waals surface area contributed by atoms with Crippen molar-refractivity contribution in [1.82, 2.24) is 4.90 Å². The van der Waals surface area contributed by atoms with E-state index in [1.807, 2.05) is 48.2 Å². The van der Waals surface area contributed by atoms with Crippen LogP contribution < -0.4 is 9.80 Å². The summed E-state index contributed by atoms with van der Waals surface area (Å²) in [7, 11) is 3.67. The van der Waals surface area contributed by atoms with Gasteiger partial charge in [-0.2, -0.15) is 5.26 Å². The maximum absolute atomic E-state index is 13.3. The van der Waals surface area contributed by atoms with Gasteiger partial charge in [0, 0.05) is 20.6 Å². The van der Waals surface area contributed by atoms with Crippen molar-refractivity contribution in [3.8, 4) is 6.07 Å². The predicted molar refractivity (Wildman–Crippen MR) is 107 cm³/mol. The Kier molecular flexibility index (Phi) is 5.07. The van der Waals surface area contributed by atoms with Crippen LogP contribution in [0.3, 0.4) is 0 Å². The summed E-state index contributed by atoms with van der Waals surface area (Å²) in [5.41, 5.74) is 1.27. The lowest BCUT2D eigenvalue weighted by Crippen LogP contribution is -2.44. The second kappa shape index (κ2) is 7.19. The van der Waals surface area contributed by atoms with Gasteiger partial charge >= 0.3 is 6.09 Å². The van der Waals surface area contributed by atoms with Crippen molar-refractivity contribution in [1.29, 1.82) is 5.26 Å². The van der Waals surface area contributed by atoms with Crippen LogP contribution >= 0.6 is 0 Å². The number of Topliss-reactive ketones (excluding diaryl/α,β-unsaturated/α-hetero) is 1. The van der Waals surface area contributed by atoms with Crippen molar-refractivity contribution in [3.05, 3.63) is 35.7 Å². The molecule has 28 heavy (non-hydrogen) atoms. The standard InChI is InChI=1S/C21H26N4O3/c1-21(2,3)28-20(27)25-12-8-11-17(25)18(26)14(13-22)19-23(4)15-9-6-7-10-16(15)24(19)5/h6-7,9-10,17H,8,11-12H2,1-5H3/t17-/m1/s1. The maximum Gasteiger partial charge on any atom is 0.410 e. The number of carbonyl (C=O) groups is 2. The highest BCUT2D eigenvalue weighted by molar-refractivity contribution is 6.06. The lowest BCUT2D eigenvalue weighted by Gasteiger charge is -2.28. The quantitative estimate of drug-likeness (QED) is 0.577. The van der Waals surface area contributed by atoms with Crippen LogP contribution in [-0.2, 0) is 9.53 Å². The Morgan fingerprint density at radius 1 is 1.14 bits per heavy atom. The van der Waals surface area contributed by atoms with Gasteiger partial charge < -0.3 is 14.5 Å². The molecule has 3 rings (SSSR count). The number of likely N-dealkylation sites (tertiary alicyclic amines) is 1. The molecule has 7 heteroatoms. The molecule has 2 aliphatic heterocycles. The fourth-order valence-corrected chi connectivity index (χ4v) is 3.78. The average Bonchev–Trinajstić information content (AvgIpc) is 3.21. The highest BCUT2D eigenvalue weighted by atomic mass is 16.6. The number of carbonyl (C=O) groups excluding carboxylic acids is 2. The maximum atomic E-state index is 13.3. The van der Waals surface area contributed by atoms with Crippen molar-refractivity contribution in [2.45, 2.75) is 45.3 Å². The van der Waals surface area contributed by atoms with Crippen LogP contribution in [0.25, 0.3) is 0 Å². The first-order valence-corrected chi connectivity index (χ1v) is 9.40. The minimum atomic E-state index is -0.678. The molecule has 2 aliphatic rings. The van der Waals surface area contributed by atoms with Crippen LogP contribution in [-0.4, -0.2) is 49.1 Å². The Bertz CT molecular complexity index is 847. The molecule has 1 saturated heterocycles. The topological polar surface area (TPSA) is 76.9 Å². The van der Waals surface area contributed by atoms with Crippen LogP contribution in [0.2, 0.25) is 0 Å². The number of fused-ring (bicyclic) bond motifs is 1. The smallest absolute Gasteiger partial charge is 0.410 e. The largest absolute Gasteiger partial charge is 0.444 e. The fourth-order valence-electron chi connectivity index (χ4n) is 3.78. The van der Waals surface area contributed by atoms with Gasteiger partial charge in [0.25, 0.3) is 0 Å². The number of para-hydroxylation sites is 2. The minimum Gasteiger partial charge on any atom is -0.444 e. The molecular weight excluding hydrogens is 356 g/mol. The molecule has 0 bridgehead atoms. The third-order valence-corrected chi connectivity index (χ3v) is 5.01. The Labute approximate surface area is 165 Å². The average molecular weight is 382 g/mol. The number of ketones is 1. The highest BCUT2D eigenvalue weighted by Gasteiger charge is 2.40. The van der Waals surface area contributed by atoms with Crippen LogP contribution in [0.1, 0.15) is 33.6 Å². The molecule has 1 atom stereocenters. The number of hydrogen-bond acceptors (Lipinski definition) is 6. The molecule has 148 valence electrons. The molecule has 7 nitrogen and oxygen atoms in total. The van der Waals surface area contributed by atoms with Crippen molar-refractivity contribution in [3.63, 3.8) is 0 Å². The fraction of sp³-hybridized carbons (Fsp3) is 0.476. The number of nitrogens with zero attached hydrogens (tertiary/aromatic N) is 4. The molecule has 0 spiro atoms. The summed E-state index contributed by atoms with van der Waals surface area (Å²) in [5, 5.41) is 9.83. The van der Waals surface area contributed by atoms with E-state index in [4.69, 9.17) is 4.74 Å². The Morgan fingerprint density at radius 3 is 2.21 bits per heavy atom. The Hall–Kier alpha value is -3.01. The number of nitriles is 1. The summed E-state index contributed by atoms with van der Waals surface area (Å²) >= 11 is 0. The third-order valence-electron chi connectivity index (χ3n) is 5.01. The van der Waals surface area contributed by atoms with Crippen LogP contribution in [0.5, 0.6) is 0 Å². The summed E-state index contributed by atoms with van der Waals surface area (Å²) in [6, 6.07) is 9.14. The zero-order valence-electron chi connectivity index (χ0n) is 17.0. The molecular formula is C21H26N4O3. The molecule has 1 amide bonds. The molecule has 0 aromatic heterocycles.